The second-order valence-electron chi connectivity index (χ2n) is 4.56. The van der Waals surface area contributed by atoms with Crippen molar-refractivity contribution in [3.05, 3.63) is 5.01 Å². The highest BCUT2D eigenvalue weighted by molar-refractivity contribution is 8.77. The molecule has 1 N–H and O–H groups in total. The van der Waals surface area contributed by atoms with Crippen LogP contribution in [-0.2, 0) is 16.1 Å². The Hall–Kier alpha value is -0.310. The lowest BCUT2D eigenvalue weighted by Gasteiger charge is -2.06. The quantitative estimate of drug-likeness (QED) is 0.581. The Bertz CT molecular complexity index is 422. The first kappa shape index (κ1) is 16.1. The molecule has 1 atom stereocenters. The molecule has 0 unspecified atom stereocenters. The van der Waals surface area contributed by atoms with E-state index in [-0.39, 0.29) is 5.91 Å². The summed E-state index contributed by atoms with van der Waals surface area (Å²) in [4.78, 5) is 11.8. The van der Waals surface area contributed by atoms with Gasteiger partial charge in [0, 0.05) is 24.5 Å². The van der Waals surface area contributed by atoms with E-state index in [0.717, 1.165) is 23.1 Å². The molecule has 20 heavy (non-hydrogen) atoms. The van der Waals surface area contributed by atoms with Gasteiger partial charge in [-0.15, -0.1) is 10.2 Å². The lowest BCUT2D eigenvalue weighted by molar-refractivity contribution is -0.116. The molecule has 1 aliphatic rings. The maximum atomic E-state index is 11.8. The largest absolute Gasteiger partial charge is 0.377 e. The molecular weight excluding hydrogens is 314 g/mol. The fraction of sp³-hybridized carbons (Fsp3) is 0.750. The summed E-state index contributed by atoms with van der Waals surface area (Å²) in [5.74, 6) is 1.30. The molecule has 0 radical (unpaired) electrons. The lowest BCUT2D eigenvalue weighted by atomic mass is 10.1. The van der Waals surface area contributed by atoms with E-state index in [2.05, 4.69) is 15.5 Å². The Morgan fingerprint density at radius 2 is 2.35 bits per heavy atom. The fourth-order valence-corrected chi connectivity index (χ4v) is 5.65. The van der Waals surface area contributed by atoms with Crippen molar-refractivity contribution in [3.63, 3.8) is 0 Å². The zero-order valence-corrected chi connectivity index (χ0v) is 13.9. The molecule has 2 heterocycles. The van der Waals surface area contributed by atoms with Crippen LogP contribution in [0.15, 0.2) is 0 Å². The summed E-state index contributed by atoms with van der Waals surface area (Å²) in [6, 6.07) is 0. The molecule has 112 valence electrons. The van der Waals surface area contributed by atoms with E-state index in [1.54, 1.807) is 7.11 Å². The molecule has 5 nitrogen and oxygen atoms in total. The van der Waals surface area contributed by atoms with Gasteiger partial charge in [0.15, 0.2) is 0 Å². The van der Waals surface area contributed by atoms with E-state index >= 15 is 0 Å². The van der Waals surface area contributed by atoms with Crippen LogP contribution in [0.3, 0.4) is 0 Å². The first-order chi connectivity index (χ1) is 9.78. The van der Waals surface area contributed by atoms with Crippen LogP contribution in [0.1, 0.15) is 37.1 Å². The van der Waals surface area contributed by atoms with Crippen LogP contribution in [0.25, 0.3) is 0 Å². The maximum Gasteiger partial charge on any atom is 0.226 e. The summed E-state index contributed by atoms with van der Waals surface area (Å²) < 4.78 is 4.97. The van der Waals surface area contributed by atoms with E-state index in [9.17, 15) is 4.79 Å². The Morgan fingerprint density at radius 3 is 3.10 bits per heavy atom. The smallest absolute Gasteiger partial charge is 0.226 e. The van der Waals surface area contributed by atoms with Gasteiger partial charge in [0.2, 0.25) is 11.0 Å². The third-order valence-electron chi connectivity index (χ3n) is 2.89. The van der Waals surface area contributed by atoms with Crippen LogP contribution in [0.2, 0.25) is 0 Å². The molecule has 8 heteroatoms. The van der Waals surface area contributed by atoms with E-state index in [1.165, 1.54) is 29.9 Å². The monoisotopic (exact) mass is 333 g/mol. The van der Waals surface area contributed by atoms with Gasteiger partial charge in [0.1, 0.15) is 11.6 Å². The number of hydrogen-bond donors (Lipinski definition) is 1. The van der Waals surface area contributed by atoms with E-state index in [0.29, 0.717) is 18.2 Å². The molecule has 0 spiro atoms. The average Bonchev–Trinajstić information content (AvgIpc) is 3.07. The Balaban J connectivity index is 1.59. The number of amides is 1. The second-order valence-corrected chi connectivity index (χ2v) is 8.41. The van der Waals surface area contributed by atoms with Crippen LogP contribution < -0.4 is 5.32 Å². The van der Waals surface area contributed by atoms with Gasteiger partial charge in [-0.2, -0.15) is 0 Å². The summed E-state index contributed by atoms with van der Waals surface area (Å²) in [5, 5.41) is 12.8. The van der Waals surface area contributed by atoms with Gasteiger partial charge in [0.25, 0.3) is 0 Å². The van der Waals surface area contributed by atoms with Crippen molar-refractivity contribution in [1.82, 2.24) is 10.2 Å². The number of methoxy groups -OCH3 is 1. The minimum atomic E-state index is 0.0265. The minimum Gasteiger partial charge on any atom is -0.377 e. The van der Waals surface area contributed by atoms with Crippen LogP contribution in [-0.4, -0.2) is 34.2 Å². The van der Waals surface area contributed by atoms with Crippen molar-refractivity contribution >= 4 is 44.0 Å². The first-order valence-corrected chi connectivity index (χ1v) is 9.87. The molecule has 1 aliphatic heterocycles. The van der Waals surface area contributed by atoms with Crippen molar-refractivity contribution < 1.29 is 9.53 Å². The van der Waals surface area contributed by atoms with Gasteiger partial charge in [-0.3, -0.25) is 4.79 Å². The molecule has 0 bridgehead atoms. The number of unbranched alkanes of at least 4 members (excludes halogenated alkanes) is 1. The minimum absolute atomic E-state index is 0.0265. The standard InChI is InChI=1S/C12H19N3O2S3/c1-17-8-11-14-15-12(19-11)13-10(16)5-3-2-4-9-6-7-18-20-9/h9H,2-8H2,1H3,(H,13,15,16)/t9-/m1/s1. The Kier molecular flexibility index (Phi) is 7.12. The maximum absolute atomic E-state index is 11.8. The van der Waals surface area contributed by atoms with Gasteiger partial charge in [0.05, 0.1) is 0 Å². The van der Waals surface area contributed by atoms with Crippen LogP contribution in [0.4, 0.5) is 5.13 Å². The number of nitrogens with zero attached hydrogens (tertiary/aromatic N) is 2. The highest BCUT2D eigenvalue weighted by Gasteiger charge is 2.16. The molecule has 2 rings (SSSR count). The number of nitrogens with one attached hydrogen (secondary N) is 1. The van der Waals surface area contributed by atoms with Gasteiger partial charge >= 0.3 is 0 Å². The number of ether oxygens (including phenoxy) is 1. The highest BCUT2D eigenvalue weighted by Crippen LogP contribution is 2.39. The normalized spacial score (nSPS) is 18.4. The first-order valence-electron chi connectivity index (χ1n) is 6.67. The van der Waals surface area contributed by atoms with Crippen molar-refractivity contribution in [2.45, 2.75) is 44.0 Å². The lowest BCUT2D eigenvalue weighted by Crippen LogP contribution is -2.11. The number of carbonyl (C=O) groups excluding carboxylic acids is 1. The Labute approximate surface area is 131 Å². The predicted molar refractivity (Wildman–Crippen MR) is 86.2 cm³/mol. The van der Waals surface area contributed by atoms with Crippen molar-refractivity contribution in [1.29, 1.82) is 0 Å². The van der Waals surface area contributed by atoms with E-state index < -0.39 is 0 Å². The predicted octanol–water partition coefficient (Wildman–Crippen LogP) is 3.34. The molecule has 1 aromatic heterocycles. The van der Waals surface area contributed by atoms with E-state index in [4.69, 9.17) is 4.74 Å². The van der Waals surface area contributed by atoms with E-state index in [1.807, 2.05) is 21.6 Å². The number of anilines is 1. The third kappa shape index (κ3) is 5.59. The highest BCUT2D eigenvalue weighted by atomic mass is 33.1. The summed E-state index contributed by atoms with van der Waals surface area (Å²) in [6.45, 7) is 0.435. The zero-order chi connectivity index (χ0) is 14.2. The van der Waals surface area contributed by atoms with Crippen molar-refractivity contribution in [3.8, 4) is 0 Å². The van der Waals surface area contributed by atoms with Crippen molar-refractivity contribution in [2.24, 2.45) is 0 Å². The molecule has 1 amide bonds. The van der Waals surface area contributed by atoms with Crippen LogP contribution >= 0.6 is 32.9 Å². The molecule has 1 fully saturated rings. The molecule has 0 saturated carbocycles. The van der Waals surface area contributed by atoms with Gasteiger partial charge in [-0.05, 0) is 19.3 Å². The Morgan fingerprint density at radius 1 is 1.45 bits per heavy atom. The van der Waals surface area contributed by atoms with Crippen LogP contribution in [0, 0.1) is 0 Å². The molecule has 1 aromatic rings. The topological polar surface area (TPSA) is 64.1 Å². The number of rotatable bonds is 8. The SMILES string of the molecule is COCc1nnc(NC(=O)CCCC[C@@H]2CCSS2)s1. The average molecular weight is 334 g/mol. The van der Waals surface area contributed by atoms with Crippen molar-refractivity contribution in [2.75, 3.05) is 18.2 Å². The summed E-state index contributed by atoms with van der Waals surface area (Å²) in [6.07, 6.45) is 5.16. The summed E-state index contributed by atoms with van der Waals surface area (Å²) in [5.41, 5.74) is 0. The summed E-state index contributed by atoms with van der Waals surface area (Å²) >= 11 is 1.36. The number of aromatic nitrogens is 2. The van der Waals surface area contributed by atoms with Gasteiger partial charge in [-0.1, -0.05) is 39.3 Å². The summed E-state index contributed by atoms with van der Waals surface area (Å²) in [7, 11) is 5.58. The molecular formula is C12H19N3O2S3. The molecule has 0 aliphatic carbocycles. The number of hydrogen-bond acceptors (Lipinski definition) is 7. The van der Waals surface area contributed by atoms with Crippen LogP contribution in [0.5, 0.6) is 0 Å². The molecule has 1 saturated heterocycles. The van der Waals surface area contributed by atoms with Gasteiger partial charge in [-0.25, -0.2) is 0 Å². The fourth-order valence-electron chi connectivity index (χ4n) is 1.89. The second kappa shape index (κ2) is 8.86. The molecule has 0 aromatic carbocycles. The number of carbonyl (C=O) groups is 1. The third-order valence-corrected chi connectivity index (χ3v) is 6.71. The van der Waals surface area contributed by atoms with Gasteiger partial charge < -0.3 is 10.1 Å². The zero-order valence-electron chi connectivity index (χ0n) is 11.5.